The normalized spacial score (nSPS) is 33.1. The molecule has 0 aromatic rings. The van der Waals surface area contributed by atoms with Crippen LogP contribution in [0.1, 0.15) is 47.0 Å². The molecule has 0 amide bonds. The van der Waals surface area contributed by atoms with Crippen molar-refractivity contribution in [1.82, 2.24) is 0 Å². The van der Waals surface area contributed by atoms with Crippen molar-refractivity contribution in [3.05, 3.63) is 23.8 Å². The van der Waals surface area contributed by atoms with Crippen LogP contribution in [0.2, 0.25) is 0 Å². The molecule has 0 N–H and O–H groups in total. The van der Waals surface area contributed by atoms with Crippen molar-refractivity contribution >= 4 is 5.97 Å². The zero-order chi connectivity index (χ0) is 14.9. The molecule has 112 valence electrons. The Hall–Kier alpha value is -1.09. The van der Waals surface area contributed by atoms with Crippen LogP contribution in [0.15, 0.2) is 23.8 Å². The Labute approximate surface area is 122 Å². The fourth-order valence-corrected chi connectivity index (χ4v) is 3.19. The molecule has 1 aliphatic carbocycles. The molecule has 1 heterocycles. The van der Waals surface area contributed by atoms with Crippen molar-refractivity contribution in [2.45, 2.75) is 65.3 Å². The number of allylic oxidation sites excluding steroid dienone is 2. The molecule has 0 unspecified atom stereocenters. The van der Waals surface area contributed by atoms with Crippen LogP contribution in [0.5, 0.6) is 0 Å². The number of hydrogen-bond acceptors (Lipinski definition) is 3. The average Bonchev–Trinajstić information content (AvgIpc) is 3.12. The largest absolute Gasteiger partial charge is 0.458 e. The van der Waals surface area contributed by atoms with Crippen molar-refractivity contribution in [3.8, 4) is 0 Å². The van der Waals surface area contributed by atoms with Gasteiger partial charge in [0, 0.05) is 6.92 Å². The van der Waals surface area contributed by atoms with E-state index in [2.05, 4.69) is 33.4 Å². The number of rotatable bonds is 5. The van der Waals surface area contributed by atoms with Crippen LogP contribution < -0.4 is 0 Å². The maximum atomic E-state index is 11.2. The van der Waals surface area contributed by atoms with E-state index < -0.39 is 0 Å². The third-order valence-corrected chi connectivity index (χ3v) is 4.43. The lowest BCUT2D eigenvalue weighted by molar-refractivity contribution is -0.145. The second-order valence-electron chi connectivity index (χ2n) is 6.43. The van der Waals surface area contributed by atoms with E-state index in [1.54, 1.807) is 0 Å². The molecule has 0 bridgehead atoms. The van der Waals surface area contributed by atoms with E-state index in [1.165, 1.54) is 12.5 Å². The molecule has 0 aromatic heterocycles. The summed E-state index contributed by atoms with van der Waals surface area (Å²) in [5, 5.41) is 0. The minimum atomic E-state index is -0.230. The summed E-state index contributed by atoms with van der Waals surface area (Å²) in [5.74, 6) is 0.818. The third kappa shape index (κ3) is 3.51. The number of fused-ring (bicyclic) bond motifs is 1. The smallest absolute Gasteiger partial charge is 0.303 e. The molecule has 3 nitrogen and oxygen atoms in total. The predicted octanol–water partition coefficient (Wildman–Crippen LogP) is 3.64. The van der Waals surface area contributed by atoms with E-state index in [0.717, 1.165) is 24.8 Å². The molecule has 2 rings (SSSR count). The van der Waals surface area contributed by atoms with Crippen LogP contribution in [-0.2, 0) is 14.3 Å². The number of epoxide rings is 1. The number of carbonyl (C=O) groups is 1. The highest BCUT2D eigenvalue weighted by Crippen LogP contribution is 2.48. The molecule has 2 fully saturated rings. The number of ether oxygens (including phenoxy) is 2. The van der Waals surface area contributed by atoms with E-state index in [1.807, 2.05) is 0 Å². The molecule has 0 radical (unpaired) electrons. The third-order valence-electron chi connectivity index (χ3n) is 4.43. The van der Waals surface area contributed by atoms with Gasteiger partial charge in [0.25, 0.3) is 0 Å². The summed E-state index contributed by atoms with van der Waals surface area (Å²) in [6.07, 6.45) is 5.66. The van der Waals surface area contributed by atoms with Gasteiger partial charge in [-0.3, -0.25) is 4.79 Å². The standard InChI is InChI=1S/C17H26O3/c1-10(2)7-6-8-11(3)14-9-15(19-13(5)18)12(4)16-17(14)20-16/h7,11,14-17H,4,6,8-9H2,1-3,5H3/t11-,14+,15-,16+,17-/m1/s1. The molecule has 20 heavy (non-hydrogen) atoms. The van der Waals surface area contributed by atoms with Crippen LogP contribution in [0.4, 0.5) is 0 Å². The monoisotopic (exact) mass is 278 g/mol. The Kier molecular flexibility index (Phi) is 4.69. The van der Waals surface area contributed by atoms with Gasteiger partial charge in [-0.2, -0.15) is 0 Å². The topological polar surface area (TPSA) is 38.8 Å². The first-order chi connectivity index (χ1) is 9.40. The molecule has 0 spiro atoms. The molecule has 2 aliphatic rings. The van der Waals surface area contributed by atoms with E-state index in [0.29, 0.717) is 17.9 Å². The highest BCUT2D eigenvalue weighted by Gasteiger charge is 2.54. The van der Waals surface area contributed by atoms with Crippen LogP contribution in [0.25, 0.3) is 0 Å². The molecule has 3 heteroatoms. The highest BCUT2D eigenvalue weighted by molar-refractivity contribution is 5.66. The van der Waals surface area contributed by atoms with Crippen LogP contribution in [0.3, 0.4) is 0 Å². The van der Waals surface area contributed by atoms with E-state index >= 15 is 0 Å². The summed E-state index contributed by atoms with van der Waals surface area (Å²) in [6, 6.07) is 0. The number of hydrogen-bond donors (Lipinski definition) is 0. The summed E-state index contributed by atoms with van der Waals surface area (Å²) in [7, 11) is 0. The zero-order valence-electron chi connectivity index (χ0n) is 13.0. The molecule has 1 aliphatic heterocycles. The van der Waals surface area contributed by atoms with Crippen LogP contribution in [0, 0.1) is 11.8 Å². The minimum absolute atomic E-state index is 0.115. The van der Waals surface area contributed by atoms with Crippen molar-refractivity contribution < 1.29 is 14.3 Å². The highest BCUT2D eigenvalue weighted by atomic mass is 16.6. The van der Waals surface area contributed by atoms with Gasteiger partial charge in [-0.25, -0.2) is 0 Å². The Balaban J connectivity index is 1.93. The van der Waals surface area contributed by atoms with Crippen molar-refractivity contribution in [2.75, 3.05) is 0 Å². The van der Waals surface area contributed by atoms with Gasteiger partial charge >= 0.3 is 5.97 Å². The van der Waals surface area contributed by atoms with Crippen molar-refractivity contribution in [3.63, 3.8) is 0 Å². The Morgan fingerprint density at radius 2 is 2.20 bits per heavy atom. The maximum Gasteiger partial charge on any atom is 0.303 e. The molecular weight excluding hydrogens is 252 g/mol. The Morgan fingerprint density at radius 1 is 1.50 bits per heavy atom. The summed E-state index contributed by atoms with van der Waals surface area (Å²) < 4.78 is 11.2. The molecular formula is C17H26O3. The van der Waals surface area contributed by atoms with Crippen molar-refractivity contribution in [2.24, 2.45) is 11.8 Å². The van der Waals surface area contributed by atoms with Crippen LogP contribution in [-0.4, -0.2) is 24.3 Å². The fraction of sp³-hybridized carbons (Fsp3) is 0.706. The molecule has 0 aromatic carbocycles. The van der Waals surface area contributed by atoms with E-state index in [4.69, 9.17) is 9.47 Å². The van der Waals surface area contributed by atoms with Gasteiger partial charge < -0.3 is 9.47 Å². The Morgan fingerprint density at radius 3 is 2.80 bits per heavy atom. The van der Waals surface area contributed by atoms with Gasteiger partial charge in [0.2, 0.25) is 0 Å². The summed E-state index contributed by atoms with van der Waals surface area (Å²) in [6.45, 7) is 12.0. The van der Waals surface area contributed by atoms with Crippen LogP contribution >= 0.6 is 0 Å². The van der Waals surface area contributed by atoms with Gasteiger partial charge in [0.1, 0.15) is 12.2 Å². The van der Waals surface area contributed by atoms with E-state index in [-0.39, 0.29) is 18.2 Å². The maximum absolute atomic E-state index is 11.2. The zero-order valence-corrected chi connectivity index (χ0v) is 13.0. The average molecular weight is 278 g/mol. The summed E-state index contributed by atoms with van der Waals surface area (Å²) in [5.41, 5.74) is 2.31. The molecule has 1 saturated heterocycles. The van der Waals surface area contributed by atoms with Gasteiger partial charge in [-0.15, -0.1) is 0 Å². The first-order valence-electron chi connectivity index (χ1n) is 7.55. The first kappa shape index (κ1) is 15.3. The van der Waals surface area contributed by atoms with Gasteiger partial charge in [-0.1, -0.05) is 25.2 Å². The number of carbonyl (C=O) groups excluding carboxylic acids is 1. The molecule has 5 atom stereocenters. The molecule has 1 saturated carbocycles. The summed E-state index contributed by atoms with van der Waals surface area (Å²) in [4.78, 5) is 11.2. The first-order valence-corrected chi connectivity index (χ1v) is 7.55. The second kappa shape index (κ2) is 6.13. The number of esters is 1. The van der Waals surface area contributed by atoms with E-state index in [9.17, 15) is 4.79 Å². The Bertz CT molecular complexity index is 420. The quantitative estimate of drug-likeness (QED) is 0.438. The van der Waals surface area contributed by atoms with Gasteiger partial charge in [0.05, 0.1) is 6.10 Å². The summed E-state index contributed by atoms with van der Waals surface area (Å²) >= 11 is 0. The van der Waals surface area contributed by atoms with Gasteiger partial charge in [0.15, 0.2) is 0 Å². The lowest BCUT2D eigenvalue weighted by atomic mass is 9.76. The SMILES string of the molecule is C=C1[C@H](OC(C)=O)C[C@@H]([C@H](C)CCC=C(C)C)[C@H]2O[C@@H]12. The minimum Gasteiger partial charge on any atom is -0.458 e. The van der Waals surface area contributed by atoms with Gasteiger partial charge in [-0.05, 0) is 50.5 Å². The lowest BCUT2D eigenvalue weighted by Gasteiger charge is -2.31. The van der Waals surface area contributed by atoms with Crippen molar-refractivity contribution in [1.29, 1.82) is 0 Å². The predicted molar refractivity (Wildman–Crippen MR) is 79.3 cm³/mol. The fourth-order valence-electron chi connectivity index (χ4n) is 3.19. The lowest BCUT2D eigenvalue weighted by Crippen LogP contribution is -2.35. The second-order valence-corrected chi connectivity index (χ2v) is 6.43.